The first-order valence-electron chi connectivity index (χ1n) is 9.51. The third-order valence-corrected chi connectivity index (χ3v) is 4.72. The molecule has 0 aliphatic carbocycles. The minimum atomic E-state index is -0.894. The lowest BCUT2D eigenvalue weighted by Crippen LogP contribution is -2.38. The van der Waals surface area contributed by atoms with Gasteiger partial charge < -0.3 is 19.5 Å². The van der Waals surface area contributed by atoms with Crippen LogP contribution in [0.5, 0.6) is 11.5 Å². The van der Waals surface area contributed by atoms with E-state index in [1.807, 2.05) is 30.3 Å². The van der Waals surface area contributed by atoms with Crippen molar-refractivity contribution in [2.24, 2.45) is 0 Å². The van der Waals surface area contributed by atoms with Gasteiger partial charge in [-0.05, 0) is 37.1 Å². The molecule has 6 heteroatoms. The normalized spacial score (nSPS) is 14.6. The second kappa shape index (κ2) is 9.26. The summed E-state index contributed by atoms with van der Waals surface area (Å²) < 4.78 is 16.2. The SMILES string of the molecule is CC[C@@H](CNC(=O)[C@H](C)OC(=O)c1ccc2c(c1)OCCO2)c1ccccc1. The van der Waals surface area contributed by atoms with Crippen LogP contribution in [-0.2, 0) is 9.53 Å². The molecule has 3 rings (SSSR count). The number of hydrogen-bond acceptors (Lipinski definition) is 5. The number of nitrogens with one attached hydrogen (secondary N) is 1. The number of rotatable bonds is 7. The predicted octanol–water partition coefficient (Wildman–Crippen LogP) is 3.31. The Morgan fingerprint density at radius 2 is 1.79 bits per heavy atom. The van der Waals surface area contributed by atoms with Crippen molar-refractivity contribution in [3.05, 3.63) is 59.7 Å². The average Bonchev–Trinajstić information content (AvgIpc) is 2.74. The number of esters is 1. The van der Waals surface area contributed by atoms with Crippen LogP contribution in [0.4, 0.5) is 0 Å². The zero-order valence-electron chi connectivity index (χ0n) is 16.1. The maximum atomic E-state index is 12.4. The van der Waals surface area contributed by atoms with Crippen molar-refractivity contribution in [2.45, 2.75) is 32.3 Å². The van der Waals surface area contributed by atoms with Gasteiger partial charge in [-0.25, -0.2) is 4.79 Å². The van der Waals surface area contributed by atoms with Crippen molar-refractivity contribution in [1.82, 2.24) is 5.32 Å². The summed E-state index contributed by atoms with van der Waals surface area (Å²) >= 11 is 0. The Balaban J connectivity index is 1.54. The van der Waals surface area contributed by atoms with E-state index in [2.05, 4.69) is 12.2 Å². The second-order valence-electron chi connectivity index (χ2n) is 6.67. The molecule has 0 aromatic heterocycles. The Bertz CT molecular complexity index is 821. The van der Waals surface area contributed by atoms with E-state index in [-0.39, 0.29) is 11.8 Å². The Morgan fingerprint density at radius 3 is 2.50 bits per heavy atom. The van der Waals surface area contributed by atoms with Gasteiger partial charge in [-0.1, -0.05) is 37.3 Å². The molecule has 2 aromatic carbocycles. The molecule has 0 saturated heterocycles. The molecule has 1 heterocycles. The van der Waals surface area contributed by atoms with Gasteiger partial charge in [0.25, 0.3) is 5.91 Å². The van der Waals surface area contributed by atoms with Gasteiger partial charge >= 0.3 is 5.97 Å². The third kappa shape index (κ3) is 4.82. The van der Waals surface area contributed by atoms with Crippen LogP contribution >= 0.6 is 0 Å². The van der Waals surface area contributed by atoms with Crippen LogP contribution in [0.2, 0.25) is 0 Å². The summed E-state index contributed by atoms with van der Waals surface area (Å²) in [6.07, 6.45) is 0.00401. The number of carbonyl (C=O) groups is 2. The zero-order chi connectivity index (χ0) is 19.9. The molecule has 6 nitrogen and oxygen atoms in total. The van der Waals surface area contributed by atoms with Crippen molar-refractivity contribution in [3.63, 3.8) is 0 Å². The van der Waals surface area contributed by atoms with Gasteiger partial charge in [-0.3, -0.25) is 4.79 Å². The fraction of sp³-hybridized carbons (Fsp3) is 0.364. The molecule has 0 fully saturated rings. The highest BCUT2D eigenvalue weighted by Gasteiger charge is 2.22. The van der Waals surface area contributed by atoms with E-state index in [1.165, 1.54) is 5.56 Å². The first kappa shape index (κ1) is 19.7. The standard InChI is InChI=1S/C22H25NO5/c1-3-16(17-7-5-4-6-8-17)14-23-21(24)15(2)28-22(25)18-9-10-19-20(13-18)27-12-11-26-19/h4-10,13,15-16H,3,11-12,14H2,1-2H3,(H,23,24)/t15-,16-/m0/s1. The van der Waals surface area contributed by atoms with Gasteiger partial charge in [0.05, 0.1) is 5.56 Å². The first-order chi connectivity index (χ1) is 13.6. The molecule has 2 aromatic rings. The highest BCUT2D eigenvalue weighted by Crippen LogP contribution is 2.31. The van der Waals surface area contributed by atoms with E-state index in [1.54, 1.807) is 25.1 Å². The molecule has 0 spiro atoms. The zero-order valence-corrected chi connectivity index (χ0v) is 16.1. The van der Waals surface area contributed by atoms with Crippen LogP contribution < -0.4 is 14.8 Å². The van der Waals surface area contributed by atoms with Crippen LogP contribution in [0.1, 0.15) is 42.1 Å². The summed E-state index contributed by atoms with van der Waals surface area (Å²) in [5, 5.41) is 2.88. The van der Waals surface area contributed by atoms with E-state index in [0.29, 0.717) is 36.8 Å². The predicted molar refractivity (Wildman–Crippen MR) is 105 cm³/mol. The molecule has 1 amide bonds. The minimum Gasteiger partial charge on any atom is -0.486 e. The number of carbonyl (C=O) groups excluding carboxylic acids is 2. The van der Waals surface area contributed by atoms with Gasteiger partial charge in [-0.15, -0.1) is 0 Å². The van der Waals surface area contributed by atoms with E-state index in [0.717, 1.165) is 6.42 Å². The number of amides is 1. The summed E-state index contributed by atoms with van der Waals surface area (Å²) in [5.74, 6) is 0.424. The van der Waals surface area contributed by atoms with Gasteiger partial charge in [0.2, 0.25) is 0 Å². The monoisotopic (exact) mass is 383 g/mol. The fourth-order valence-corrected chi connectivity index (χ4v) is 3.04. The molecule has 1 aliphatic rings. The second-order valence-corrected chi connectivity index (χ2v) is 6.67. The van der Waals surface area contributed by atoms with Crippen molar-refractivity contribution in [2.75, 3.05) is 19.8 Å². The average molecular weight is 383 g/mol. The summed E-state index contributed by atoms with van der Waals surface area (Å²) in [5.41, 5.74) is 1.49. The van der Waals surface area contributed by atoms with Gasteiger partial charge in [0.1, 0.15) is 13.2 Å². The van der Waals surface area contributed by atoms with Crippen LogP contribution in [-0.4, -0.2) is 37.7 Å². The molecule has 148 valence electrons. The third-order valence-electron chi connectivity index (χ3n) is 4.72. The van der Waals surface area contributed by atoms with Gasteiger partial charge in [0, 0.05) is 12.5 Å². The summed E-state index contributed by atoms with van der Waals surface area (Å²) in [6, 6.07) is 14.9. The maximum Gasteiger partial charge on any atom is 0.339 e. The summed E-state index contributed by atoms with van der Waals surface area (Å²) in [6.45, 7) is 5.05. The number of hydrogen-bond donors (Lipinski definition) is 1. The quantitative estimate of drug-likeness (QED) is 0.743. The van der Waals surface area contributed by atoms with Gasteiger partial charge in [0.15, 0.2) is 17.6 Å². The molecule has 28 heavy (non-hydrogen) atoms. The highest BCUT2D eigenvalue weighted by atomic mass is 16.6. The summed E-state index contributed by atoms with van der Waals surface area (Å²) in [7, 11) is 0. The van der Waals surface area contributed by atoms with Crippen molar-refractivity contribution < 1.29 is 23.8 Å². The molecule has 1 N–H and O–H groups in total. The van der Waals surface area contributed by atoms with Crippen molar-refractivity contribution in [3.8, 4) is 11.5 Å². The van der Waals surface area contributed by atoms with Gasteiger partial charge in [-0.2, -0.15) is 0 Å². The Morgan fingerprint density at radius 1 is 1.07 bits per heavy atom. The molecule has 0 unspecified atom stereocenters. The lowest BCUT2D eigenvalue weighted by molar-refractivity contribution is -0.129. The van der Waals surface area contributed by atoms with Crippen LogP contribution in [0.3, 0.4) is 0 Å². The van der Waals surface area contributed by atoms with Crippen LogP contribution in [0, 0.1) is 0 Å². The van der Waals surface area contributed by atoms with E-state index in [4.69, 9.17) is 14.2 Å². The highest BCUT2D eigenvalue weighted by molar-refractivity contribution is 5.92. The number of ether oxygens (including phenoxy) is 3. The molecule has 0 saturated carbocycles. The molecule has 0 bridgehead atoms. The Hall–Kier alpha value is -3.02. The topological polar surface area (TPSA) is 73.9 Å². The summed E-state index contributed by atoms with van der Waals surface area (Å²) in [4.78, 5) is 24.7. The Labute approximate surface area is 164 Å². The fourth-order valence-electron chi connectivity index (χ4n) is 3.04. The lowest BCUT2D eigenvalue weighted by Gasteiger charge is -2.20. The molecular weight excluding hydrogens is 358 g/mol. The maximum absolute atomic E-state index is 12.4. The van der Waals surface area contributed by atoms with Crippen molar-refractivity contribution in [1.29, 1.82) is 0 Å². The first-order valence-corrected chi connectivity index (χ1v) is 9.51. The smallest absolute Gasteiger partial charge is 0.339 e. The number of fused-ring (bicyclic) bond motifs is 1. The molecule has 0 radical (unpaired) electrons. The number of benzene rings is 2. The minimum absolute atomic E-state index is 0.214. The lowest BCUT2D eigenvalue weighted by atomic mass is 9.96. The largest absolute Gasteiger partial charge is 0.486 e. The van der Waals surface area contributed by atoms with E-state index >= 15 is 0 Å². The van der Waals surface area contributed by atoms with Crippen LogP contribution in [0.25, 0.3) is 0 Å². The van der Waals surface area contributed by atoms with E-state index < -0.39 is 12.1 Å². The molecular formula is C22H25NO5. The molecule has 2 atom stereocenters. The van der Waals surface area contributed by atoms with Crippen LogP contribution in [0.15, 0.2) is 48.5 Å². The Kier molecular flexibility index (Phi) is 6.53. The molecule has 1 aliphatic heterocycles. The van der Waals surface area contributed by atoms with E-state index in [9.17, 15) is 9.59 Å². The van der Waals surface area contributed by atoms with Crippen molar-refractivity contribution >= 4 is 11.9 Å².